The molecule has 5 nitrogen and oxygen atoms in total. The van der Waals surface area contributed by atoms with Gasteiger partial charge in [-0.3, -0.25) is 0 Å². The van der Waals surface area contributed by atoms with Crippen LogP contribution in [0.5, 0.6) is 5.75 Å². The number of carbonyl (C=O) groups excluding carboxylic acids is 1. The van der Waals surface area contributed by atoms with Gasteiger partial charge in [0.05, 0.1) is 13.2 Å². The fraction of sp³-hybridized carbons (Fsp3) is 0.350. The van der Waals surface area contributed by atoms with E-state index in [1.807, 2.05) is 48.5 Å². The molecule has 2 N–H and O–H groups in total. The van der Waals surface area contributed by atoms with Crippen LogP contribution in [0.25, 0.3) is 0 Å². The Labute approximate surface area is 148 Å². The Morgan fingerprint density at radius 2 is 1.92 bits per heavy atom. The molecule has 3 rings (SSSR count). The van der Waals surface area contributed by atoms with Gasteiger partial charge in [-0.05, 0) is 30.7 Å². The summed E-state index contributed by atoms with van der Waals surface area (Å²) in [4.78, 5) is 12.3. The second-order valence-electron chi connectivity index (χ2n) is 6.43. The van der Waals surface area contributed by atoms with Crippen molar-refractivity contribution in [1.82, 2.24) is 5.32 Å². The molecule has 0 aromatic heterocycles. The van der Waals surface area contributed by atoms with Gasteiger partial charge in [-0.1, -0.05) is 37.3 Å². The average Bonchev–Trinajstić information content (AvgIpc) is 2.64. The number of anilines is 1. The predicted octanol–water partition coefficient (Wildman–Crippen LogP) is 4.11. The van der Waals surface area contributed by atoms with Gasteiger partial charge >= 0.3 is 6.09 Å². The Morgan fingerprint density at radius 1 is 1.16 bits per heavy atom. The fourth-order valence-electron chi connectivity index (χ4n) is 3.11. The van der Waals surface area contributed by atoms with Crippen molar-refractivity contribution >= 4 is 11.8 Å². The van der Waals surface area contributed by atoms with Gasteiger partial charge in [0.2, 0.25) is 0 Å². The molecule has 1 heterocycles. The number of methoxy groups -OCH3 is 1. The van der Waals surface area contributed by atoms with Crippen LogP contribution in [0.2, 0.25) is 0 Å². The lowest BCUT2D eigenvalue weighted by Crippen LogP contribution is -2.42. The zero-order chi connectivity index (χ0) is 17.8. The van der Waals surface area contributed by atoms with Gasteiger partial charge in [-0.15, -0.1) is 0 Å². The molecule has 2 aromatic carbocycles. The number of ether oxygens (including phenoxy) is 2. The highest BCUT2D eigenvalue weighted by Crippen LogP contribution is 2.38. The molecule has 0 spiro atoms. The third-order valence-corrected chi connectivity index (χ3v) is 4.78. The molecule has 0 bridgehead atoms. The number of amides is 1. The standard InChI is InChI=1S/C20H24N2O3/c1-13-14(2)21-18-10-9-16(24-3)11-17(18)19(13)22-20(23)25-12-15-7-5-4-6-8-15/h4-11,13-14,19,21H,12H2,1-3H3,(H,22,23)/t13-,14-,19?/m0/s1. The zero-order valence-electron chi connectivity index (χ0n) is 14.8. The molecule has 0 radical (unpaired) electrons. The van der Waals surface area contributed by atoms with Crippen LogP contribution < -0.4 is 15.4 Å². The number of hydrogen-bond acceptors (Lipinski definition) is 4. The fourth-order valence-corrected chi connectivity index (χ4v) is 3.11. The van der Waals surface area contributed by atoms with E-state index in [0.717, 1.165) is 22.6 Å². The second kappa shape index (κ2) is 7.47. The van der Waals surface area contributed by atoms with Crippen LogP contribution in [0.1, 0.15) is 31.0 Å². The van der Waals surface area contributed by atoms with Gasteiger partial charge in [0, 0.05) is 23.2 Å². The predicted molar refractivity (Wildman–Crippen MR) is 97.7 cm³/mol. The minimum absolute atomic E-state index is 0.135. The van der Waals surface area contributed by atoms with Crippen LogP contribution >= 0.6 is 0 Å². The van der Waals surface area contributed by atoms with Crippen LogP contribution in [-0.4, -0.2) is 19.2 Å². The van der Waals surface area contributed by atoms with Gasteiger partial charge in [0.15, 0.2) is 0 Å². The van der Waals surface area contributed by atoms with E-state index in [1.165, 1.54) is 0 Å². The van der Waals surface area contributed by atoms with Crippen molar-refractivity contribution in [1.29, 1.82) is 0 Å². The summed E-state index contributed by atoms with van der Waals surface area (Å²) in [7, 11) is 1.64. The van der Waals surface area contributed by atoms with Crippen LogP contribution in [0.4, 0.5) is 10.5 Å². The summed E-state index contributed by atoms with van der Waals surface area (Å²) in [6, 6.07) is 15.6. The van der Waals surface area contributed by atoms with Gasteiger partial charge in [0.1, 0.15) is 12.4 Å². The van der Waals surface area contributed by atoms with Crippen molar-refractivity contribution in [3.63, 3.8) is 0 Å². The summed E-state index contributed by atoms with van der Waals surface area (Å²) in [5.74, 6) is 0.982. The molecule has 2 aromatic rings. The minimum Gasteiger partial charge on any atom is -0.497 e. The van der Waals surface area contributed by atoms with Gasteiger partial charge in [-0.25, -0.2) is 4.79 Å². The van der Waals surface area contributed by atoms with E-state index in [2.05, 4.69) is 24.5 Å². The van der Waals surface area contributed by atoms with Crippen molar-refractivity contribution in [2.45, 2.75) is 32.5 Å². The van der Waals surface area contributed by atoms with Crippen molar-refractivity contribution in [3.05, 3.63) is 59.7 Å². The van der Waals surface area contributed by atoms with E-state index < -0.39 is 6.09 Å². The zero-order valence-corrected chi connectivity index (χ0v) is 14.8. The first-order chi connectivity index (χ1) is 12.1. The molecule has 1 unspecified atom stereocenters. The summed E-state index contributed by atoms with van der Waals surface area (Å²) < 4.78 is 10.7. The lowest BCUT2D eigenvalue weighted by Gasteiger charge is -2.37. The summed E-state index contributed by atoms with van der Waals surface area (Å²) in [6.07, 6.45) is -0.413. The van der Waals surface area contributed by atoms with Crippen molar-refractivity contribution < 1.29 is 14.3 Å². The first kappa shape index (κ1) is 17.1. The maximum atomic E-state index is 12.3. The highest BCUT2D eigenvalue weighted by Gasteiger charge is 2.33. The van der Waals surface area contributed by atoms with Crippen LogP contribution in [-0.2, 0) is 11.3 Å². The first-order valence-electron chi connectivity index (χ1n) is 8.50. The lowest BCUT2D eigenvalue weighted by atomic mass is 9.84. The highest BCUT2D eigenvalue weighted by atomic mass is 16.5. The molecule has 3 atom stereocenters. The number of nitrogens with one attached hydrogen (secondary N) is 2. The molecule has 0 fully saturated rings. The van der Waals surface area contributed by atoms with Crippen molar-refractivity contribution in [2.24, 2.45) is 5.92 Å². The molecule has 0 saturated carbocycles. The van der Waals surface area contributed by atoms with Crippen LogP contribution in [0.15, 0.2) is 48.5 Å². The third-order valence-electron chi connectivity index (χ3n) is 4.78. The average molecular weight is 340 g/mol. The summed E-state index contributed by atoms with van der Waals surface area (Å²) in [6.45, 7) is 4.48. The minimum atomic E-state index is -0.413. The molecular weight excluding hydrogens is 316 g/mol. The molecule has 1 amide bonds. The van der Waals surface area contributed by atoms with E-state index in [9.17, 15) is 4.79 Å². The maximum Gasteiger partial charge on any atom is 0.407 e. The first-order valence-corrected chi connectivity index (χ1v) is 8.50. The van der Waals surface area contributed by atoms with Gasteiger partial charge in [0.25, 0.3) is 0 Å². The number of carbonyl (C=O) groups is 1. The number of benzene rings is 2. The summed E-state index contributed by atoms with van der Waals surface area (Å²) in [5.41, 5.74) is 2.99. The Kier molecular flexibility index (Phi) is 5.12. The van der Waals surface area contributed by atoms with E-state index in [0.29, 0.717) is 0 Å². The topological polar surface area (TPSA) is 59.6 Å². The normalized spacial score (nSPS) is 21.6. The maximum absolute atomic E-state index is 12.3. The number of alkyl carbamates (subject to hydrolysis) is 1. The van der Waals surface area contributed by atoms with Gasteiger partial charge in [-0.2, -0.15) is 0 Å². The molecule has 0 saturated heterocycles. The molecule has 0 aliphatic carbocycles. The van der Waals surface area contributed by atoms with Crippen LogP contribution in [0.3, 0.4) is 0 Å². The van der Waals surface area contributed by atoms with E-state index in [1.54, 1.807) is 7.11 Å². The van der Waals surface area contributed by atoms with E-state index in [-0.39, 0.29) is 24.6 Å². The number of fused-ring (bicyclic) bond motifs is 1. The summed E-state index contributed by atoms with van der Waals surface area (Å²) in [5, 5.41) is 6.49. The Hall–Kier alpha value is -2.69. The number of hydrogen-bond donors (Lipinski definition) is 2. The smallest absolute Gasteiger partial charge is 0.407 e. The SMILES string of the molecule is COc1ccc2c(c1)C(NC(=O)OCc1ccccc1)[C@@H](C)[C@H](C)N2. The van der Waals surface area contributed by atoms with E-state index in [4.69, 9.17) is 9.47 Å². The Morgan fingerprint density at radius 3 is 2.64 bits per heavy atom. The highest BCUT2D eigenvalue weighted by molar-refractivity contribution is 5.70. The van der Waals surface area contributed by atoms with Crippen LogP contribution in [0, 0.1) is 5.92 Å². The Balaban J connectivity index is 1.73. The quantitative estimate of drug-likeness (QED) is 0.879. The van der Waals surface area contributed by atoms with E-state index >= 15 is 0 Å². The largest absolute Gasteiger partial charge is 0.497 e. The molecule has 1 aliphatic heterocycles. The van der Waals surface area contributed by atoms with Gasteiger partial charge < -0.3 is 20.1 Å². The van der Waals surface area contributed by atoms with Crippen molar-refractivity contribution in [2.75, 3.05) is 12.4 Å². The Bertz CT molecular complexity index is 733. The number of rotatable bonds is 4. The third kappa shape index (κ3) is 3.87. The molecular formula is C20H24N2O3. The molecule has 5 heteroatoms. The molecule has 25 heavy (non-hydrogen) atoms. The lowest BCUT2D eigenvalue weighted by molar-refractivity contribution is 0.131. The van der Waals surface area contributed by atoms with Crippen molar-refractivity contribution in [3.8, 4) is 5.75 Å². The monoisotopic (exact) mass is 340 g/mol. The summed E-state index contributed by atoms with van der Waals surface area (Å²) >= 11 is 0. The molecule has 1 aliphatic rings. The molecule has 132 valence electrons. The second-order valence-corrected chi connectivity index (χ2v) is 6.43.